The number of nitrogens with zero attached hydrogens (tertiary/aromatic N) is 2. The smallest absolute Gasteiger partial charge is 0.270 e. The second-order valence-electron chi connectivity index (χ2n) is 5.02. The lowest BCUT2D eigenvalue weighted by Gasteiger charge is -2.17. The van der Waals surface area contributed by atoms with Crippen LogP contribution in [0.3, 0.4) is 0 Å². The Kier molecular flexibility index (Phi) is 7.21. The van der Waals surface area contributed by atoms with Crippen LogP contribution in [0.4, 0.5) is 0 Å². The van der Waals surface area contributed by atoms with Gasteiger partial charge >= 0.3 is 0 Å². The molecule has 0 aliphatic carbocycles. The number of pyridine rings is 1. The number of amides is 1. The molecule has 0 aromatic carbocycles. The van der Waals surface area contributed by atoms with Crippen molar-refractivity contribution in [2.24, 2.45) is 10.9 Å². The number of hydrogen-bond donors (Lipinski definition) is 3. The minimum absolute atomic E-state index is 0.0266. The van der Waals surface area contributed by atoms with Crippen molar-refractivity contribution >= 4 is 11.7 Å². The first-order chi connectivity index (χ1) is 10.1. The van der Waals surface area contributed by atoms with E-state index >= 15 is 0 Å². The van der Waals surface area contributed by atoms with Crippen molar-refractivity contribution in [3.63, 3.8) is 0 Å². The van der Waals surface area contributed by atoms with Gasteiger partial charge in [0.25, 0.3) is 5.91 Å². The second-order valence-corrected chi connectivity index (χ2v) is 5.02. The van der Waals surface area contributed by atoms with E-state index in [1.54, 1.807) is 12.1 Å². The number of aromatic nitrogens is 1. The Labute approximate surface area is 125 Å². The maximum atomic E-state index is 12.2. The first kappa shape index (κ1) is 16.9. The molecule has 21 heavy (non-hydrogen) atoms. The molecule has 6 nitrogen and oxygen atoms in total. The molecular formula is C15H24N4O2. The van der Waals surface area contributed by atoms with E-state index in [1.807, 2.05) is 0 Å². The molecule has 1 unspecified atom stereocenters. The first-order valence-electron chi connectivity index (χ1n) is 7.37. The maximum absolute atomic E-state index is 12.2. The molecule has 116 valence electrons. The molecule has 0 bridgehead atoms. The summed E-state index contributed by atoms with van der Waals surface area (Å²) in [5, 5.41) is 14.5. The summed E-state index contributed by atoms with van der Waals surface area (Å²) in [4.78, 5) is 16.2. The SMILES string of the molecule is CCCCC(CCC)NC(=O)c1ccc(/C(N)=N/O)cn1. The van der Waals surface area contributed by atoms with Gasteiger partial charge in [-0.25, -0.2) is 0 Å². The lowest BCUT2D eigenvalue weighted by molar-refractivity contribution is 0.0927. The number of carbonyl (C=O) groups excluding carboxylic acids is 1. The van der Waals surface area contributed by atoms with Crippen molar-refractivity contribution in [2.45, 2.75) is 52.0 Å². The van der Waals surface area contributed by atoms with E-state index in [-0.39, 0.29) is 17.8 Å². The van der Waals surface area contributed by atoms with Gasteiger partial charge in [-0.2, -0.15) is 0 Å². The van der Waals surface area contributed by atoms with Gasteiger partial charge in [-0.05, 0) is 25.0 Å². The monoisotopic (exact) mass is 292 g/mol. The number of rotatable bonds is 8. The highest BCUT2D eigenvalue weighted by atomic mass is 16.4. The van der Waals surface area contributed by atoms with Crippen molar-refractivity contribution in [3.05, 3.63) is 29.6 Å². The van der Waals surface area contributed by atoms with Gasteiger partial charge < -0.3 is 16.3 Å². The van der Waals surface area contributed by atoms with E-state index in [0.717, 1.165) is 32.1 Å². The Balaban J connectivity index is 2.68. The van der Waals surface area contributed by atoms with Gasteiger partial charge in [0.15, 0.2) is 5.84 Å². The third kappa shape index (κ3) is 5.41. The molecule has 0 spiro atoms. The van der Waals surface area contributed by atoms with Crippen LogP contribution in [0, 0.1) is 0 Å². The summed E-state index contributed by atoms with van der Waals surface area (Å²) in [6.45, 7) is 4.24. The number of oxime groups is 1. The van der Waals surface area contributed by atoms with Gasteiger partial charge in [-0.1, -0.05) is 38.3 Å². The Morgan fingerprint density at radius 3 is 2.67 bits per heavy atom. The van der Waals surface area contributed by atoms with E-state index in [0.29, 0.717) is 11.3 Å². The predicted molar refractivity (Wildman–Crippen MR) is 82.4 cm³/mol. The minimum atomic E-state index is -0.185. The van der Waals surface area contributed by atoms with Crippen LogP contribution in [-0.2, 0) is 0 Å². The van der Waals surface area contributed by atoms with Crippen molar-refractivity contribution in [1.29, 1.82) is 0 Å². The van der Waals surface area contributed by atoms with Crippen molar-refractivity contribution < 1.29 is 10.0 Å². The molecule has 0 saturated carbocycles. The highest BCUT2D eigenvalue weighted by molar-refractivity contribution is 5.98. The Morgan fingerprint density at radius 1 is 1.38 bits per heavy atom. The fourth-order valence-electron chi connectivity index (χ4n) is 2.08. The Bertz CT molecular complexity index is 471. The van der Waals surface area contributed by atoms with Gasteiger partial charge in [-0.3, -0.25) is 9.78 Å². The van der Waals surface area contributed by atoms with Crippen LogP contribution in [0.15, 0.2) is 23.5 Å². The van der Waals surface area contributed by atoms with Crippen LogP contribution in [0.5, 0.6) is 0 Å². The number of carbonyl (C=O) groups is 1. The van der Waals surface area contributed by atoms with Gasteiger partial charge in [0.1, 0.15) is 5.69 Å². The quantitative estimate of drug-likeness (QED) is 0.296. The number of nitrogens with two attached hydrogens (primary N) is 1. The van der Waals surface area contributed by atoms with Crippen LogP contribution in [0.2, 0.25) is 0 Å². The first-order valence-corrected chi connectivity index (χ1v) is 7.37. The highest BCUT2D eigenvalue weighted by Crippen LogP contribution is 2.08. The zero-order valence-corrected chi connectivity index (χ0v) is 12.7. The maximum Gasteiger partial charge on any atom is 0.270 e. The largest absolute Gasteiger partial charge is 0.409 e. The van der Waals surface area contributed by atoms with Gasteiger partial charge in [-0.15, -0.1) is 0 Å². The fourth-order valence-corrected chi connectivity index (χ4v) is 2.08. The summed E-state index contributed by atoms with van der Waals surface area (Å²) in [7, 11) is 0. The highest BCUT2D eigenvalue weighted by Gasteiger charge is 2.14. The number of amidine groups is 1. The van der Waals surface area contributed by atoms with Crippen LogP contribution in [0.25, 0.3) is 0 Å². The molecule has 1 aromatic heterocycles. The van der Waals surface area contributed by atoms with E-state index in [2.05, 4.69) is 29.3 Å². The lowest BCUT2D eigenvalue weighted by Crippen LogP contribution is -2.35. The molecule has 1 rings (SSSR count). The average molecular weight is 292 g/mol. The topological polar surface area (TPSA) is 101 Å². The molecule has 0 aliphatic heterocycles. The molecule has 1 aromatic rings. The molecule has 0 fully saturated rings. The van der Waals surface area contributed by atoms with E-state index in [1.165, 1.54) is 6.20 Å². The summed E-state index contributed by atoms with van der Waals surface area (Å²) in [6.07, 6.45) is 6.62. The van der Waals surface area contributed by atoms with E-state index < -0.39 is 0 Å². The number of unbranched alkanes of at least 4 members (excludes halogenated alkanes) is 1. The second kappa shape index (κ2) is 8.94. The van der Waals surface area contributed by atoms with Crippen LogP contribution >= 0.6 is 0 Å². The number of hydrogen-bond acceptors (Lipinski definition) is 4. The van der Waals surface area contributed by atoms with Crippen LogP contribution in [-0.4, -0.2) is 28.0 Å². The molecule has 6 heteroatoms. The molecular weight excluding hydrogens is 268 g/mol. The van der Waals surface area contributed by atoms with Crippen molar-refractivity contribution in [3.8, 4) is 0 Å². The Hall–Kier alpha value is -2.11. The standard InChI is InChI=1S/C15H24N4O2/c1-3-5-7-12(6-4-2)18-15(20)13-9-8-11(10-17-13)14(16)19-21/h8-10,12,21H,3-7H2,1-2H3,(H2,16,19)(H,18,20). The molecule has 0 radical (unpaired) electrons. The summed E-state index contributed by atoms with van der Waals surface area (Å²) >= 11 is 0. The van der Waals surface area contributed by atoms with Gasteiger partial charge in [0.05, 0.1) is 0 Å². The molecule has 1 amide bonds. The molecule has 1 atom stereocenters. The molecule has 0 saturated heterocycles. The third-order valence-electron chi connectivity index (χ3n) is 3.28. The average Bonchev–Trinajstić information content (AvgIpc) is 2.52. The number of nitrogens with one attached hydrogen (secondary N) is 1. The van der Waals surface area contributed by atoms with Gasteiger partial charge in [0, 0.05) is 17.8 Å². The molecule has 0 aliphatic rings. The zero-order valence-electron chi connectivity index (χ0n) is 12.7. The minimum Gasteiger partial charge on any atom is -0.409 e. The summed E-state index contributed by atoms with van der Waals surface area (Å²) in [5.74, 6) is -0.211. The normalized spacial score (nSPS) is 13.0. The van der Waals surface area contributed by atoms with E-state index in [9.17, 15) is 4.79 Å². The van der Waals surface area contributed by atoms with Crippen LogP contribution in [0.1, 0.15) is 62.0 Å². The van der Waals surface area contributed by atoms with E-state index in [4.69, 9.17) is 10.9 Å². The summed E-state index contributed by atoms with van der Waals surface area (Å²) in [6, 6.07) is 3.37. The lowest BCUT2D eigenvalue weighted by atomic mass is 10.0. The predicted octanol–water partition coefficient (Wildman–Crippen LogP) is 2.26. The third-order valence-corrected chi connectivity index (χ3v) is 3.28. The van der Waals surface area contributed by atoms with Crippen molar-refractivity contribution in [2.75, 3.05) is 0 Å². The molecule has 4 N–H and O–H groups in total. The Morgan fingerprint density at radius 2 is 2.14 bits per heavy atom. The van der Waals surface area contributed by atoms with Gasteiger partial charge in [0.2, 0.25) is 0 Å². The molecule has 1 heterocycles. The van der Waals surface area contributed by atoms with Crippen molar-refractivity contribution in [1.82, 2.24) is 10.3 Å². The summed E-state index contributed by atoms with van der Waals surface area (Å²) < 4.78 is 0. The fraction of sp³-hybridized carbons (Fsp3) is 0.533. The summed E-state index contributed by atoms with van der Waals surface area (Å²) in [5.41, 5.74) is 6.27. The zero-order chi connectivity index (χ0) is 15.7. The van der Waals surface area contributed by atoms with Crippen LogP contribution < -0.4 is 11.1 Å².